The molecular weight excluding hydrogens is 292 g/mol. The molecule has 0 aromatic heterocycles. The number of hydrogen-bond donors (Lipinski definition) is 2. The van der Waals surface area contributed by atoms with E-state index >= 15 is 0 Å². The number of aliphatic hydroxyl groups is 1. The molecule has 1 heterocycles. The third-order valence-corrected chi connectivity index (χ3v) is 4.17. The SMILES string of the molecule is CC(=O)Nc1ccc(/C=C/C(=O)N2CC(CO)CCC2C)cc1. The molecule has 2 rings (SSSR count). The average molecular weight is 316 g/mol. The summed E-state index contributed by atoms with van der Waals surface area (Å²) in [7, 11) is 0. The molecule has 0 saturated carbocycles. The molecule has 2 N–H and O–H groups in total. The molecule has 0 spiro atoms. The molecule has 2 unspecified atom stereocenters. The number of aliphatic hydroxyl groups excluding tert-OH is 1. The monoisotopic (exact) mass is 316 g/mol. The van der Waals surface area contributed by atoms with Crippen LogP contribution < -0.4 is 5.32 Å². The van der Waals surface area contributed by atoms with Crippen molar-refractivity contribution < 1.29 is 14.7 Å². The van der Waals surface area contributed by atoms with E-state index in [1.807, 2.05) is 24.0 Å². The van der Waals surface area contributed by atoms with Crippen LogP contribution >= 0.6 is 0 Å². The first-order valence-corrected chi connectivity index (χ1v) is 7.96. The van der Waals surface area contributed by atoms with Gasteiger partial charge in [0.2, 0.25) is 11.8 Å². The fraction of sp³-hybridized carbons (Fsp3) is 0.444. The minimum absolute atomic E-state index is 0.0263. The first kappa shape index (κ1) is 17.2. The predicted molar refractivity (Wildman–Crippen MR) is 90.8 cm³/mol. The van der Waals surface area contributed by atoms with Crippen LogP contribution in [0.4, 0.5) is 5.69 Å². The lowest BCUT2D eigenvalue weighted by Gasteiger charge is -2.36. The van der Waals surface area contributed by atoms with Gasteiger partial charge in [-0.25, -0.2) is 0 Å². The van der Waals surface area contributed by atoms with Crippen LogP contribution in [0.1, 0.15) is 32.3 Å². The van der Waals surface area contributed by atoms with Crippen LogP contribution in [0.15, 0.2) is 30.3 Å². The van der Waals surface area contributed by atoms with Gasteiger partial charge in [0, 0.05) is 37.9 Å². The number of nitrogens with zero attached hydrogens (tertiary/aromatic N) is 1. The third kappa shape index (κ3) is 4.93. The zero-order chi connectivity index (χ0) is 16.8. The second kappa shape index (κ2) is 7.92. The van der Waals surface area contributed by atoms with Gasteiger partial charge < -0.3 is 15.3 Å². The first-order valence-electron chi connectivity index (χ1n) is 7.96. The highest BCUT2D eigenvalue weighted by atomic mass is 16.3. The van der Waals surface area contributed by atoms with Gasteiger partial charge in [0.15, 0.2) is 0 Å². The smallest absolute Gasteiger partial charge is 0.246 e. The molecule has 2 amide bonds. The molecule has 0 aliphatic carbocycles. The number of rotatable bonds is 4. The summed E-state index contributed by atoms with van der Waals surface area (Å²) >= 11 is 0. The van der Waals surface area contributed by atoms with Gasteiger partial charge in [-0.2, -0.15) is 0 Å². The number of nitrogens with one attached hydrogen (secondary N) is 1. The van der Waals surface area contributed by atoms with Gasteiger partial charge in [-0.15, -0.1) is 0 Å². The molecule has 124 valence electrons. The largest absolute Gasteiger partial charge is 0.396 e. The molecule has 2 atom stereocenters. The topological polar surface area (TPSA) is 69.6 Å². The molecule has 0 radical (unpaired) electrons. The molecule has 1 aliphatic rings. The Labute approximate surface area is 137 Å². The van der Waals surface area contributed by atoms with E-state index in [1.54, 1.807) is 24.3 Å². The molecule has 1 aliphatic heterocycles. The van der Waals surface area contributed by atoms with Gasteiger partial charge in [0.05, 0.1) is 0 Å². The zero-order valence-electron chi connectivity index (χ0n) is 13.7. The lowest BCUT2D eigenvalue weighted by molar-refractivity contribution is -0.130. The summed E-state index contributed by atoms with van der Waals surface area (Å²) in [6, 6.07) is 7.52. The van der Waals surface area contributed by atoms with Gasteiger partial charge in [-0.3, -0.25) is 9.59 Å². The molecule has 1 saturated heterocycles. The van der Waals surface area contributed by atoms with Crippen molar-refractivity contribution in [1.82, 2.24) is 4.90 Å². The van der Waals surface area contributed by atoms with E-state index in [4.69, 9.17) is 0 Å². The van der Waals surface area contributed by atoms with Crippen LogP contribution in [-0.4, -0.2) is 41.0 Å². The molecule has 1 aromatic rings. The Bertz CT molecular complexity index is 580. The molecule has 1 aromatic carbocycles. The number of carbonyl (C=O) groups is 2. The van der Waals surface area contributed by atoms with Crippen molar-refractivity contribution >= 4 is 23.6 Å². The Balaban J connectivity index is 1.98. The van der Waals surface area contributed by atoms with Gasteiger partial charge in [-0.1, -0.05) is 12.1 Å². The lowest BCUT2D eigenvalue weighted by atomic mass is 9.94. The van der Waals surface area contributed by atoms with E-state index in [-0.39, 0.29) is 30.4 Å². The lowest BCUT2D eigenvalue weighted by Crippen LogP contribution is -2.45. The Morgan fingerprint density at radius 1 is 1.30 bits per heavy atom. The minimum atomic E-state index is -0.110. The minimum Gasteiger partial charge on any atom is -0.396 e. The Kier molecular flexibility index (Phi) is 5.93. The molecule has 5 heteroatoms. The van der Waals surface area contributed by atoms with E-state index in [0.717, 1.165) is 24.1 Å². The summed E-state index contributed by atoms with van der Waals surface area (Å²) < 4.78 is 0. The summed E-state index contributed by atoms with van der Waals surface area (Å²) in [5.41, 5.74) is 1.63. The number of benzene rings is 1. The van der Waals surface area contributed by atoms with Gasteiger partial charge in [-0.05, 0) is 49.5 Å². The molecular formula is C18H24N2O3. The van der Waals surface area contributed by atoms with Crippen molar-refractivity contribution in [3.63, 3.8) is 0 Å². The number of piperidine rings is 1. The summed E-state index contributed by atoms with van der Waals surface area (Å²) in [5.74, 6) is 0.0445. The third-order valence-electron chi connectivity index (χ3n) is 4.17. The van der Waals surface area contributed by atoms with Crippen molar-refractivity contribution in [3.05, 3.63) is 35.9 Å². The molecule has 23 heavy (non-hydrogen) atoms. The summed E-state index contributed by atoms with van der Waals surface area (Å²) in [6.07, 6.45) is 5.24. The Morgan fingerprint density at radius 3 is 2.61 bits per heavy atom. The molecule has 0 bridgehead atoms. The van der Waals surface area contributed by atoms with Gasteiger partial charge in [0.1, 0.15) is 0 Å². The maximum absolute atomic E-state index is 12.4. The molecule has 5 nitrogen and oxygen atoms in total. The van der Waals surface area contributed by atoms with Crippen LogP contribution in [0, 0.1) is 5.92 Å². The average Bonchev–Trinajstić information content (AvgIpc) is 2.54. The van der Waals surface area contributed by atoms with Crippen LogP contribution in [0.3, 0.4) is 0 Å². The van der Waals surface area contributed by atoms with Gasteiger partial charge in [0.25, 0.3) is 0 Å². The number of amides is 2. The quantitative estimate of drug-likeness (QED) is 0.837. The standard InChI is InChI=1S/C18H24N2O3/c1-13-3-4-16(12-21)11-20(13)18(23)10-7-15-5-8-17(9-6-15)19-14(2)22/h5-10,13,16,21H,3-4,11-12H2,1-2H3,(H,19,22)/b10-7+. The normalized spacial score (nSPS) is 21.4. The number of anilines is 1. The van der Waals surface area contributed by atoms with Gasteiger partial charge >= 0.3 is 0 Å². The number of carbonyl (C=O) groups excluding carboxylic acids is 2. The zero-order valence-corrected chi connectivity index (χ0v) is 13.7. The van der Waals surface area contributed by atoms with Crippen LogP contribution in [-0.2, 0) is 9.59 Å². The Morgan fingerprint density at radius 2 is 2.00 bits per heavy atom. The predicted octanol–water partition coefficient (Wildman–Crippen LogP) is 2.28. The van der Waals surface area contributed by atoms with E-state index in [1.165, 1.54) is 6.92 Å². The highest BCUT2D eigenvalue weighted by Gasteiger charge is 2.27. The maximum atomic E-state index is 12.4. The second-order valence-corrected chi connectivity index (χ2v) is 6.10. The van der Waals surface area contributed by atoms with Crippen LogP contribution in [0.5, 0.6) is 0 Å². The summed E-state index contributed by atoms with van der Waals surface area (Å²) in [6.45, 7) is 4.25. The van der Waals surface area contributed by atoms with Crippen LogP contribution in [0.2, 0.25) is 0 Å². The fourth-order valence-corrected chi connectivity index (χ4v) is 2.78. The van der Waals surface area contributed by atoms with E-state index < -0.39 is 0 Å². The maximum Gasteiger partial charge on any atom is 0.246 e. The highest BCUT2D eigenvalue weighted by molar-refractivity contribution is 5.92. The number of likely N-dealkylation sites (tertiary alicyclic amines) is 1. The van der Waals surface area contributed by atoms with Crippen molar-refractivity contribution in [2.24, 2.45) is 5.92 Å². The highest BCUT2D eigenvalue weighted by Crippen LogP contribution is 2.22. The summed E-state index contributed by atoms with van der Waals surface area (Å²) in [4.78, 5) is 25.2. The number of hydrogen-bond acceptors (Lipinski definition) is 3. The van der Waals surface area contributed by atoms with Crippen molar-refractivity contribution in [2.75, 3.05) is 18.5 Å². The van der Waals surface area contributed by atoms with Crippen molar-refractivity contribution in [3.8, 4) is 0 Å². The first-order chi connectivity index (χ1) is 11.0. The van der Waals surface area contributed by atoms with E-state index in [2.05, 4.69) is 5.32 Å². The summed E-state index contributed by atoms with van der Waals surface area (Å²) in [5, 5.41) is 12.0. The van der Waals surface area contributed by atoms with Crippen LogP contribution in [0.25, 0.3) is 6.08 Å². The van der Waals surface area contributed by atoms with Crippen molar-refractivity contribution in [1.29, 1.82) is 0 Å². The van der Waals surface area contributed by atoms with E-state index in [0.29, 0.717) is 6.54 Å². The Hall–Kier alpha value is -2.14. The van der Waals surface area contributed by atoms with Crippen molar-refractivity contribution in [2.45, 2.75) is 32.7 Å². The molecule has 1 fully saturated rings. The second-order valence-electron chi connectivity index (χ2n) is 6.10. The van der Waals surface area contributed by atoms with E-state index in [9.17, 15) is 14.7 Å². The fourth-order valence-electron chi connectivity index (χ4n) is 2.78.